The third-order valence-corrected chi connectivity index (χ3v) is 4.98. The summed E-state index contributed by atoms with van der Waals surface area (Å²) in [4.78, 5) is 16.7. The summed E-state index contributed by atoms with van der Waals surface area (Å²) in [5.41, 5.74) is 3.72. The second-order valence-corrected chi connectivity index (χ2v) is 6.92. The van der Waals surface area contributed by atoms with Gasteiger partial charge in [0.2, 0.25) is 0 Å². The quantitative estimate of drug-likeness (QED) is 0.534. The molecule has 0 saturated carbocycles. The van der Waals surface area contributed by atoms with E-state index in [2.05, 4.69) is 17.2 Å². The second-order valence-electron chi connectivity index (χ2n) is 5.66. The van der Waals surface area contributed by atoms with Crippen LogP contribution >= 0.6 is 22.9 Å². The van der Waals surface area contributed by atoms with Gasteiger partial charge in [0.1, 0.15) is 11.3 Å². The predicted molar refractivity (Wildman–Crippen MR) is 104 cm³/mol. The first-order chi connectivity index (χ1) is 12.2. The van der Waals surface area contributed by atoms with Gasteiger partial charge in [0.15, 0.2) is 0 Å². The summed E-state index contributed by atoms with van der Waals surface area (Å²) in [7, 11) is 0. The number of nitrogens with zero attached hydrogens (tertiary/aromatic N) is 1. The fourth-order valence-electron chi connectivity index (χ4n) is 2.46. The first-order valence-corrected chi connectivity index (χ1v) is 9.50. The molecule has 25 heavy (non-hydrogen) atoms. The van der Waals surface area contributed by atoms with Crippen LogP contribution in [0.4, 0.5) is 5.69 Å². The summed E-state index contributed by atoms with van der Waals surface area (Å²) >= 11 is 7.57. The lowest BCUT2D eigenvalue weighted by molar-refractivity contribution is 0.102. The normalized spacial score (nSPS) is 10.8. The molecule has 2 aromatic carbocycles. The number of rotatable bonds is 7. The van der Waals surface area contributed by atoms with Crippen molar-refractivity contribution in [2.24, 2.45) is 0 Å². The molecule has 0 fully saturated rings. The second kappa shape index (κ2) is 8.32. The van der Waals surface area contributed by atoms with Gasteiger partial charge in [-0.2, -0.15) is 0 Å². The number of benzene rings is 2. The molecule has 1 heterocycles. The van der Waals surface area contributed by atoms with Gasteiger partial charge in [-0.05, 0) is 42.8 Å². The Labute approximate surface area is 155 Å². The number of hydrogen-bond donors (Lipinski definition) is 1. The Bertz CT molecular complexity index is 861. The van der Waals surface area contributed by atoms with Gasteiger partial charge in [0.25, 0.3) is 5.91 Å². The van der Waals surface area contributed by atoms with Crippen molar-refractivity contribution in [2.45, 2.75) is 26.2 Å². The molecule has 130 valence electrons. The Balaban J connectivity index is 1.66. The zero-order valence-corrected chi connectivity index (χ0v) is 15.5. The van der Waals surface area contributed by atoms with Crippen molar-refractivity contribution in [3.05, 3.63) is 52.5 Å². The summed E-state index contributed by atoms with van der Waals surface area (Å²) in [6.07, 6.45) is 3.37. The molecule has 0 unspecified atom stereocenters. The van der Waals surface area contributed by atoms with Crippen LogP contribution in [-0.2, 0) is 0 Å². The van der Waals surface area contributed by atoms with Crippen LogP contribution < -0.4 is 10.1 Å². The predicted octanol–water partition coefficient (Wildman–Crippen LogP) is 5.77. The van der Waals surface area contributed by atoms with E-state index in [0.717, 1.165) is 23.3 Å². The minimum Gasteiger partial charge on any atom is -0.494 e. The van der Waals surface area contributed by atoms with Crippen molar-refractivity contribution >= 4 is 44.7 Å². The average Bonchev–Trinajstić information content (AvgIpc) is 3.12. The molecule has 0 aliphatic heterocycles. The van der Waals surface area contributed by atoms with Crippen molar-refractivity contribution in [3.8, 4) is 5.75 Å². The number of amides is 1. The van der Waals surface area contributed by atoms with Crippen LogP contribution in [0.25, 0.3) is 10.2 Å². The third kappa shape index (κ3) is 4.30. The topological polar surface area (TPSA) is 51.2 Å². The Hall–Kier alpha value is -2.11. The lowest BCUT2D eigenvalue weighted by atomic mass is 10.2. The fourth-order valence-corrected chi connectivity index (χ4v) is 3.50. The maximum atomic E-state index is 12.5. The van der Waals surface area contributed by atoms with Crippen LogP contribution in [0.2, 0.25) is 5.02 Å². The van der Waals surface area contributed by atoms with Gasteiger partial charge >= 0.3 is 0 Å². The molecule has 0 bridgehead atoms. The van der Waals surface area contributed by atoms with E-state index < -0.39 is 0 Å². The number of nitrogens with one attached hydrogen (secondary N) is 1. The number of thiazole rings is 1. The SMILES string of the molecule is CCCCCOc1ccc(C(=O)Nc2ccc(Cl)c3ncsc23)cc1. The van der Waals surface area contributed by atoms with Crippen LogP contribution in [0, 0.1) is 0 Å². The van der Waals surface area contributed by atoms with Crippen molar-refractivity contribution in [1.29, 1.82) is 0 Å². The lowest BCUT2D eigenvalue weighted by Gasteiger charge is -2.09. The Kier molecular flexibility index (Phi) is 5.89. The van der Waals surface area contributed by atoms with Crippen molar-refractivity contribution in [2.75, 3.05) is 11.9 Å². The van der Waals surface area contributed by atoms with E-state index in [1.807, 2.05) is 12.1 Å². The Morgan fingerprint density at radius 2 is 2.00 bits per heavy atom. The summed E-state index contributed by atoms with van der Waals surface area (Å²) < 4.78 is 6.54. The molecule has 0 spiro atoms. The molecule has 1 aromatic heterocycles. The number of anilines is 1. The zero-order chi connectivity index (χ0) is 17.6. The van der Waals surface area contributed by atoms with Crippen LogP contribution in [0.5, 0.6) is 5.75 Å². The molecule has 3 rings (SSSR count). The first-order valence-electron chi connectivity index (χ1n) is 8.25. The van der Waals surface area contributed by atoms with Gasteiger partial charge in [-0.15, -0.1) is 11.3 Å². The van der Waals surface area contributed by atoms with Gasteiger partial charge in [-0.3, -0.25) is 4.79 Å². The summed E-state index contributed by atoms with van der Waals surface area (Å²) in [5.74, 6) is 0.610. The highest BCUT2D eigenvalue weighted by atomic mass is 35.5. The number of carbonyl (C=O) groups excluding carboxylic acids is 1. The number of fused-ring (bicyclic) bond motifs is 1. The number of halogens is 1. The van der Waals surface area contributed by atoms with E-state index in [9.17, 15) is 4.79 Å². The van der Waals surface area contributed by atoms with Crippen molar-refractivity contribution < 1.29 is 9.53 Å². The van der Waals surface area contributed by atoms with Crippen LogP contribution in [-0.4, -0.2) is 17.5 Å². The molecule has 4 nitrogen and oxygen atoms in total. The molecule has 1 amide bonds. The number of aromatic nitrogens is 1. The van der Waals surface area contributed by atoms with Gasteiger partial charge in [-0.1, -0.05) is 31.4 Å². The fraction of sp³-hybridized carbons (Fsp3) is 0.263. The van der Waals surface area contributed by atoms with Gasteiger partial charge < -0.3 is 10.1 Å². The highest BCUT2D eigenvalue weighted by Crippen LogP contribution is 2.32. The smallest absolute Gasteiger partial charge is 0.255 e. The van der Waals surface area contributed by atoms with Crippen LogP contribution in [0.15, 0.2) is 41.9 Å². The monoisotopic (exact) mass is 374 g/mol. The van der Waals surface area contributed by atoms with Gasteiger partial charge in [0, 0.05) is 5.56 Å². The highest BCUT2D eigenvalue weighted by molar-refractivity contribution is 7.17. The maximum Gasteiger partial charge on any atom is 0.255 e. The van der Waals surface area contributed by atoms with Crippen molar-refractivity contribution in [1.82, 2.24) is 4.98 Å². The minimum absolute atomic E-state index is 0.172. The lowest BCUT2D eigenvalue weighted by Crippen LogP contribution is -2.11. The van der Waals surface area contributed by atoms with Gasteiger partial charge in [0.05, 0.1) is 27.5 Å². The molecule has 3 aromatic rings. The standard InChI is InChI=1S/C19H19ClN2O2S/c1-2-3-4-11-24-14-7-5-13(6-8-14)19(23)22-16-10-9-15(20)17-18(16)25-12-21-17/h5-10,12H,2-4,11H2,1H3,(H,22,23). The Morgan fingerprint density at radius 3 is 2.76 bits per heavy atom. The van der Waals surface area contributed by atoms with E-state index >= 15 is 0 Å². The summed E-state index contributed by atoms with van der Waals surface area (Å²) in [6, 6.07) is 10.7. The molecule has 0 saturated heterocycles. The number of carbonyl (C=O) groups is 1. The van der Waals surface area contributed by atoms with Crippen LogP contribution in [0.3, 0.4) is 0 Å². The zero-order valence-electron chi connectivity index (χ0n) is 13.9. The third-order valence-electron chi connectivity index (χ3n) is 3.82. The van der Waals surface area contributed by atoms with E-state index in [-0.39, 0.29) is 5.91 Å². The highest BCUT2D eigenvalue weighted by Gasteiger charge is 2.12. The average molecular weight is 375 g/mol. The number of ether oxygens (including phenoxy) is 1. The van der Waals surface area contributed by atoms with Crippen molar-refractivity contribution in [3.63, 3.8) is 0 Å². The largest absolute Gasteiger partial charge is 0.494 e. The molecule has 6 heteroatoms. The van der Waals surface area contributed by atoms with Gasteiger partial charge in [-0.25, -0.2) is 4.98 Å². The summed E-state index contributed by atoms with van der Waals surface area (Å²) in [6.45, 7) is 2.86. The molecular formula is C19H19ClN2O2S. The molecule has 0 aliphatic carbocycles. The molecule has 0 radical (unpaired) electrons. The van der Waals surface area contributed by atoms with Crippen LogP contribution in [0.1, 0.15) is 36.5 Å². The molecule has 0 atom stereocenters. The Morgan fingerprint density at radius 1 is 1.20 bits per heavy atom. The van der Waals surface area contributed by atoms with E-state index in [4.69, 9.17) is 16.3 Å². The summed E-state index contributed by atoms with van der Waals surface area (Å²) in [5, 5.41) is 3.51. The maximum absolute atomic E-state index is 12.5. The number of hydrogen-bond acceptors (Lipinski definition) is 4. The number of unbranched alkanes of at least 4 members (excludes halogenated alkanes) is 2. The molecule has 0 aliphatic rings. The first kappa shape index (κ1) is 17.7. The van der Waals surface area contributed by atoms with E-state index in [0.29, 0.717) is 28.4 Å². The molecular weight excluding hydrogens is 356 g/mol. The van der Waals surface area contributed by atoms with E-state index in [1.54, 1.807) is 29.8 Å². The minimum atomic E-state index is -0.172. The van der Waals surface area contributed by atoms with E-state index in [1.165, 1.54) is 17.8 Å². The molecule has 1 N–H and O–H groups in total.